The van der Waals surface area contributed by atoms with Gasteiger partial charge in [0.1, 0.15) is 0 Å². The van der Waals surface area contributed by atoms with Gasteiger partial charge in [0.25, 0.3) is 0 Å². The van der Waals surface area contributed by atoms with Crippen molar-refractivity contribution in [3.8, 4) is 0 Å². The monoisotopic (exact) mass is 572 g/mol. The number of nitrogens with zero attached hydrogens (tertiary/aromatic N) is 3. The lowest BCUT2D eigenvalue weighted by Gasteiger charge is -2.45. The lowest BCUT2D eigenvalue weighted by Crippen LogP contribution is -2.62. The Morgan fingerprint density at radius 2 is 1.76 bits per heavy atom. The number of benzene rings is 2. The molecule has 2 N–H and O–H groups in total. The predicted octanol–water partition coefficient (Wildman–Crippen LogP) is 2.44. The summed E-state index contributed by atoms with van der Waals surface area (Å²) in [5.41, 5.74) is -2.70. The summed E-state index contributed by atoms with van der Waals surface area (Å²) in [5.74, 6) is -0.127. The molecule has 2 aromatic carbocycles. The third kappa shape index (κ3) is 5.67. The first-order valence-electron chi connectivity index (χ1n) is 12.2. The standard InChI is InChI=1S/C25H31F3N4O4S2/c1-17-13-29-23(33)16-30(17)14-20-15-31(38(35,36)22-6-4-3-5-21(22)37)11-12-32(20)19-9-7-18(8-10-19)24(2,34)25(26,27)28/h3-10,17,20,34,37H,11-16H2,1-2H3,(H,29,33)/t17-,20+,24-/m1/s1. The summed E-state index contributed by atoms with van der Waals surface area (Å²) in [6, 6.07) is 11.5. The highest BCUT2D eigenvalue weighted by molar-refractivity contribution is 7.90. The van der Waals surface area contributed by atoms with Crippen molar-refractivity contribution in [2.45, 2.75) is 47.5 Å². The van der Waals surface area contributed by atoms with Crippen molar-refractivity contribution in [2.75, 3.05) is 44.2 Å². The molecule has 38 heavy (non-hydrogen) atoms. The van der Waals surface area contributed by atoms with Crippen molar-refractivity contribution in [1.82, 2.24) is 14.5 Å². The number of halogens is 3. The van der Waals surface area contributed by atoms with Crippen LogP contribution >= 0.6 is 12.6 Å². The largest absolute Gasteiger partial charge is 0.421 e. The van der Waals surface area contributed by atoms with Crippen LogP contribution in [0.3, 0.4) is 0 Å². The van der Waals surface area contributed by atoms with Crippen LogP contribution in [0, 0.1) is 0 Å². The number of hydrogen-bond donors (Lipinski definition) is 3. The first-order chi connectivity index (χ1) is 17.7. The molecule has 2 aliphatic rings. The van der Waals surface area contributed by atoms with E-state index in [1.165, 1.54) is 34.6 Å². The molecule has 0 aromatic heterocycles. The highest BCUT2D eigenvalue weighted by Crippen LogP contribution is 2.39. The van der Waals surface area contributed by atoms with Crippen molar-refractivity contribution in [1.29, 1.82) is 0 Å². The summed E-state index contributed by atoms with van der Waals surface area (Å²) in [7, 11) is -3.86. The minimum atomic E-state index is -4.84. The molecule has 0 bridgehead atoms. The molecule has 0 saturated carbocycles. The van der Waals surface area contributed by atoms with Crippen LogP contribution in [-0.2, 0) is 20.4 Å². The zero-order chi connectivity index (χ0) is 27.9. The molecule has 8 nitrogen and oxygen atoms in total. The smallest absolute Gasteiger partial charge is 0.376 e. The molecule has 2 aliphatic heterocycles. The second-order valence-electron chi connectivity index (χ2n) is 9.88. The van der Waals surface area contributed by atoms with Gasteiger partial charge in [0.05, 0.1) is 17.5 Å². The topological polar surface area (TPSA) is 93.2 Å². The van der Waals surface area contributed by atoms with E-state index in [1.54, 1.807) is 18.2 Å². The number of amides is 1. The summed E-state index contributed by atoms with van der Waals surface area (Å²) >= 11 is 4.32. The van der Waals surface area contributed by atoms with Gasteiger partial charge in [0.15, 0.2) is 5.60 Å². The van der Waals surface area contributed by atoms with Gasteiger partial charge in [0.2, 0.25) is 15.9 Å². The quantitative estimate of drug-likeness (QED) is 0.461. The molecule has 2 heterocycles. The van der Waals surface area contributed by atoms with Gasteiger partial charge in [0, 0.05) is 49.3 Å². The maximum atomic E-state index is 13.5. The van der Waals surface area contributed by atoms with Crippen molar-refractivity contribution >= 4 is 34.2 Å². The average molecular weight is 573 g/mol. The number of alkyl halides is 3. The molecule has 208 valence electrons. The molecule has 1 amide bonds. The van der Waals surface area contributed by atoms with E-state index >= 15 is 0 Å². The number of anilines is 1. The second kappa shape index (κ2) is 10.7. The molecule has 4 rings (SSSR count). The predicted molar refractivity (Wildman–Crippen MR) is 140 cm³/mol. The molecule has 13 heteroatoms. The van der Waals surface area contributed by atoms with Gasteiger partial charge >= 0.3 is 6.18 Å². The minimum Gasteiger partial charge on any atom is -0.376 e. The number of piperazine rings is 2. The van der Waals surface area contributed by atoms with Crippen molar-refractivity contribution in [3.63, 3.8) is 0 Å². The molecular weight excluding hydrogens is 541 g/mol. The van der Waals surface area contributed by atoms with Crippen LogP contribution < -0.4 is 10.2 Å². The van der Waals surface area contributed by atoms with Gasteiger partial charge in [-0.2, -0.15) is 17.5 Å². The fraction of sp³-hybridized carbons (Fsp3) is 0.480. The molecule has 3 atom stereocenters. The fourth-order valence-electron chi connectivity index (χ4n) is 4.80. The fourth-order valence-corrected chi connectivity index (χ4v) is 6.86. The highest BCUT2D eigenvalue weighted by Gasteiger charge is 2.51. The number of hydrogen-bond acceptors (Lipinski definition) is 7. The van der Waals surface area contributed by atoms with E-state index in [4.69, 9.17) is 0 Å². The maximum absolute atomic E-state index is 13.5. The summed E-state index contributed by atoms with van der Waals surface area (Å²) in [5, 5.41) is 12.8. The molecule has 0 spiro atoms. The third-order valence-electron chi connectivity index (χ3n) is 7.25. The van der Waals surface area contributed by atoms with Crippen LogP contribution in [0.25, 0.3) is 0 Å². The Bertz CT molecular complexity index is 1270. The van der Waals surface area contributed by atoms with Gasteiger partial charge in [-0.05, 0) is 43.7 Å². The summed E-state index contributed by atoms with van der Waals surface area (Å²) in [4.78, 5) is 16.4. The number of rotatable bonds is 6. The molecule has 0 unspecified atom stereocenters. The van der Waals surface area contributed by atoms with Crippen molar-refractivity contribution in [2.24, 2.45) is 0 Å². The average Bonchev–Trinajstić information content (AvgIpc) is 2.86. The van der Waals surface area contributed by atoms with E-state index in [2.05, 4.69) is 17.9 Å². The normalized spacial score (nSPS) is 23.7. The van der Waals surface area contributed by atoms with E-state index in [-0.39, 0.29) is 48.6 Å². The van der Waals surface area contributed by atoms with E-state index in [1.807, 2.05) is 16.7 Å². The zero-order valence-corrected chi connectivity index (χ0v) is 22.7. The lowest BCUT2D eigenvalue weighted by atomic mass is 9.95. The Labute approximate surface area is 225 Å². The van der Waals surface area contributed by atoms with E-state index in [9.17, 15) is 31.5 Å². The third-order valence-corrected chi connectivity index (χ3v) is 9.72. The first kappa shape index (κ1) is 28.7. The summed E-state index contributed by atoms with van der Waals surface area (Å²) < 4.78 is 68.4. The Balaban J connectivity index is 1.64. The number of sulfonamides is 1. The number of carbonyl (C=O) groups excluding carboxylic acids is 1. The van der Waals surface area contributed by atoms with Crippen LogP contribution in [0.15, 0.2) is 58.3 Å². The Hall–Kier alpha value is -2.32. The maximum Gasteiger partial charge on any atom is 0.421 e. The van der Waals surface area contributed by atoms with Crippen LogP contribution in [0.4, 0.5) is 18.9 Å². The van der Waals surface area contributed by atoms with Gasteiger partial charge in [-0.1, -0.05) is 24.3 Å². The van der Waals surface area contributed by atoms with Gasteiger partial charge in [-0.15, -0.1) is 12.6 Å². The molecule has 2 saturated heterocycles. The second-order valence-corrected chi connectivity index (χ2v) is 12.3. The Kier molecular flexibility index (Phi) is 8.06. The van der Waals surface area contributed by atoms with Gasteiger partial charge in [-0.25, -0.2) is 8.42 Å². The number of carbonyl (C=O) groups is 1. The molecule has 0 aliphatic carbocycles. The Morgan fingerprint density at radius 3 is 2.39 bits per heavy atom. The van der Waals surface area contributed by atoms with Crippen LogP contribution in [-0.4, -0.2) is 86.2 Å². The summed E-state index contributed by atoms with van der Waals surface area (Å²) in [6.07, 6.45) is -4.84. The zero-order valence-electron chi connectivity index (χ0n) is 21.0. The molecule has 0 radical (unpaired) electrons. The number of thiol groups is 1. The number of nitrogens with one attached hydrogen (secondary N) is 1. The summed E-state index contributed by atoms with van der Waals surface area (Å²) in [6.45, 7) is 4.19. The van der Waals surface area contributed by atoms with Crippen molar-refractivity contribution in [3.05, 3.63) is 54.1 Å². The van der Waals surface area contributed by atoms with Gasteiger partial charge in [-0.3, -0.25) is 9.69 Å². The highest BCUT2D eigenvalue weighted by atomic mass is 32.2. The molecule has 2 fully saturated rings. The van der Waals surface area contributed by atoms with E-state index in [0.717, 1.165) is 0 Å². The van der Waals surface area contributed by atoms with E-state index < -0.39 is 27.8 Å². The van der Waals surface area contributed by atoms with Crippen LogP contribution in [0.1, 0.15) is 19.4 Å². The van der Waals surface area contributed by atoms with Crippen molar-refractivity contribution < 1.29 is 31.5 Å². The Morgan fingerprint density at radius 1 is 1.11 bits per heavy atom. The van der Waals surface area contributed by atoms with Gasteiger partial charge < -0.3 is 15.3 Å². The molecule has 2 aromatic rings. The SMILES string of the molecule is C[C@@H]1CNC(=O)CN1C[C@H]1CN(S(=O)(=O)c2ccccc2S)CCN1c1ccc([C@@](C)(O)C(F)(F)F)cc1. The van der Waals surface area contributed by atoms with Crippen LogP contribution in [0.5, 0.6) is 0 Å². The van der Waals surface area contributed by atoms with E-state index in [0.29, 0.717) is 30.6 Å². The first-order valence-corrected chi connectivity index (χ1v) is 14.1. The molecular formula is C25H31F3N4O4S2. The number of aliphatic hydroxyl groups is 1. The minimum absolute atomic E-state index is 0.0176. The lowest BCUT2D eigenvalue weighted by molar-refractivity contribution is -0.258. The van der Waals surface area contributed by atoms with Crippen LogP contribution in [0.2, 0.25) is 0 Å².